The van der Waals surface area contributed by atoms with Gasteiger partial charge in [-0.05, 0) is 13.0 Å². The minimum absolute atomic E-state index is 1.00. The molecule has 2 aromatic rings. The molecule has 3 heteroatoms. The lowest BCUT2D eigenvalue weighted by Gasteiger charge is -1.84. The second kappa shape index (κ2) is 1.80. The number of nitrogens with zero attached hydrogens (tertiary/aromatic N) is 2. The van der Waals surface area contributed by atoms with Gasteiger partial charge >= 0.3 is 0 Å². The van der Waals surface area contributed by atoms with Gasteiger partial charge in [-0.25, -0.2) is 0 Å². The predicted molar refractivity (Wildman–Crippen MR) is 38.6 cm³/mol. The maximum atomic E-state index is 4.03. The summed E-state index contributed by atoms with van der Waals surface area (Å²) in [5, 5.41) is 8.05. The van der Waals surface area contributed by atoms with Crippen LogP contribution in [0.25, 0.3) is 10.9 Å². The Morgan fingerprint density at radius 1 is 1.50 bits per heavy atom. The highest BCUT2D eigenvalue weighted by atomic mass is 15.1. The molecular formula is C7H7N3. The molecule has 2 rings (SSSR count). The van der Waals surface area contributed by atoms with Crippen molar-refractivity contribution in [3.8, 4) is 0 Å². The minimum atomic E-state index is 1.00. The molecule has 0 spiro atoms. The molecule has 0 atom stereocenters. The molecular weight excluding hydrogens is 126 g/mol. The Balaban J connectivity index is 2.93. The summed E-state index contributed by atoms with van der Waals surface area (Å²) in [6.07, 6.45) is 3.54. The number of aromatic amines is 1. The number of aryl methyl sites for hydroxylation is 1. The zero-order valence-corrected chi connectivity index (χ0v) is 5.63. The normalized spacial score (nSPS) is 10.5. The van der Waals surface area contributed by atoms with E-state index in [4.69, 9.17) is 0 Å². The average molecular weight is 133 g/mol. The van der Waals surface area contributed by atoms with Crippen LogP contribution < -0.4 is 0 Å². The summed E-state index contributed by atoms with van der Waals surface area (Å²) in [4.78, 5) is 3.95. The van der Waals surface area contributed by atoms with Crippen LogP contribution in [-0.2, 0) is 0 Å². The highest BCUT2D eigenvalue weighted by molar-refractivity contribution is 5.79. The van der Waals surface area contributed by atoms with Gasteiger partial charge in [-0.15, -0.1) is 0 Å². The van der Waals surface area contributed by atoms with E-state index in [9.17, 15) is 0 Å². The van der Waals surface area contributed by atoms with Gasteiger partial charge in [0, 0.05) is 11.6 Å². The number of hydrogen-bond donors (Lipinski definition) is 1. The third kappa shape index (κ3) is 0.603. The Morgan fingerprint density at radius 3 is 3.20 bits per heavy atom. The van der Waals surface area contributed by atoms with E-state index in [1.54, 1.807) is 12.4 Å². The third-order valence-electron chi connectivity index (χ3n) is 1.55. The highest BCUT2D eigenvalue weighted by Crippen LogP contribution is 2.11. The number of aromatic nitrogens is 3. The van der Waals surface area contributed by atoms with Crippen LogP contribution in [0.4, 0.5) is 0 Å². The largest absolute Gasteiger partial charge is 0.276 e. The van der Waals surface area contributed by atoms with E-state index in [2.05, 4.69) is 15.2 Å². The first-order valence-electron chi connectivity index (χ1n) is 3.12. The summed E-state index contributed by atoms with van der Waals surface area (Å²) in [5.74, 6) is 0. The van der Waals surface area contributed by atoms with Crippen LogP contribution in [0.5, 0.6) is 0 Å². The fraction of sp³-hybridized carbons (Fsp3) is 0.143. The molecule has 0 aliphatic rings. The molecule has 0 aliphatic carbocycles. The second-order valence-electron chi connectivity index (χ2n) is 2.23. The van der Waals surface area contributed by atoms with Crippen molar-refractivity contribution in [2.45, 2.75) is 6.92 Å². The van der Waals surface area contributed by atoms with Crippen LogP contribution in [-0.4, -0.2) is 15.2 Å². The lowest BCUT2D eigenvalue weighted by Crippen LogP contribution is -1.70. The Bertz CT molecular complexity index is 350. The molecule has 0 bridgehead atoms. The number of fused-ring (bicyclic) bond motifs is 1. The van der Waals surface area contributed by atoms with E-state index in [0.29, 0.717) is 0 Å². The molecule has 3 nitrogen and oxygen atoms in total. The SMILES string of the molecule is Cc1n[nH]c2cnccc12. The first kappa shape index (κ1) is 5.41. The van der Waals surface area contributed by atoms with Gasteiger partial charge in [0.1, 0.15) is 0 Å². The summed E-state index contributed by atoms with van der Waals surface area (Å²) in [7, 11) is 0. The van der Waals surface area contributed by atoms with Gasteiger partial charge in [0.05, 0.1) is 17.4 Å². The topological polar surface area (TPSA) is 41.6 Å². The number of H-pyrrole nitrogens is 1. The molecule has 1 N–H and O–H groups in total. The third-order valence-corrected chi connectivity index (χ3v) is 1.55. The predicted octanol–water partition coefficient (Wildman–Crippen LogP) is 1.27. The van der Waals surface area contributed by atoms with Gasteiger partial charge in [0.25, 0.3) is 0 Å². The molecule has 10 heavy (non-hydrogen) atoms. The lowest BCUT2D eigenvalue weighted by molar-refractivity contribution is 1.07. The van der Waals surface area contributed by atoms with Gasteiger partial charge in [-0.2, -0.15) is 5.10 Å². The number of hydrogen-bond acceptors (Lipinski definition) is 2. The first-order chi connectivity index (χ1) is 4.88. The van der Waals surface area contributed by atoms with Crippen molar-refractivity contribution >= 4 is 10.9 Å². The van der Waals surface area contributed by atoms with Crippen molar-refractivity contribution in [2.24, 2.45) is 0 Å². The fourth-order valence-electron chi connectivity index (χ4n) is 1.00. The molecule has 0 saturated heterocycles. The molecule has 0 aliphatic heterocycles. The average Bonchev–Trinajstić information content (AvgIpc) is 2.34. The molecule has 50 valence electrons. The standard InChI is InChI=1S/C7H7N3/c1-5-6-2-3-8-4-7(6)10-9-5/h2-4H,1H3,(H,9,10). The monoisotopic (exact) mass is 133 g/mol. The summed E-state index contributed by atoms with van der Waals surface area (Å²) in [6.45, 7) is 1.97. The first-order valence-corrected chi connectivity index (χ1v) is 3.12. The number of nitrogens with one attached hydrogen (secondary N) is 1. The van der Waals surface area contributed by atoms with Crippen LogP contribution in [0.1, 0.15) is 5.69 Å². The Morgan fingerprint density at radius 2 is 2.40 bits per heavy atom. The van der Waals surface area contributed by atoms with Gasteiger partial charge in [-0.3, -0.25) is 10.1 Å². The summed E-state index contributed by atoms with van der Waals surface area (Å²) in [6, 6.07) is 1.95. The van der Waals surface area contributed by atoms with Crippen LogP contribution in [0.15, 0.2) is 18.5 Å². The van der Waals surface area contributed by atoms with Gasteiger partial charge in [0.2, 0.25) is 0 Å². The number of rotatable bonds is 0. The fourth-order valence-corrected chi connectivity index (χ4v) is 1.00. The smallest absolute Gasteiger partial charge is 0.0836 e. The zero-order chi connectivity index (χ0) is 6.97. The molecule has 0 unspecified atom stereocenters. The molecule has 2 aromatic heterocycles. The van der Waals surface area contributed by atoms with Crippen molar-refractivity contribution in [1.29, 1.82) is 0 Å². The molecule has 0 amide bonds. The number of pyridine rings is 1. The van der Waals surface area contributed by atoms with Gasteiger partial charge < -0.3 is 0 Å². The van der Waals surface area contributed by atoms with Crippen LogP contribution in [0, 0.1) is 6.92 Å². The molecule has 0 fully saturated rings. The molecule has 0 aromatic carbocycles. The van der Waals surface area contributed by atoms with E-state index in [-0.39, 0.29) is 0 Å². The zero-order valence-electron chi connectivity index (χ0n) is 5.63. The quantitative estimate of drug-likeness (QED) is 0.588. The van der Waals surface area contributed by atoms with Crippen molar-refractivity contribution in [3.05, 3.63) is 24.2 Å². The second-order valence-corrected chi connectivity index (χ2v) is 2.23. The van der Waals surface area contributed by atoms with Crippen molar-refractivity contribution in [2.75, 3.05) is 0 Å². The Kier molecular flexibility index (Phi) is 0.974. The molecule has 0 saturated carbocycles. The van der Waals surface area contributed by atoms with Crippen molar-refractivity contribution < 1.29 is 0 Å². The van der Waals surface area contributed by atoms with E-state index in [0.717, 1.165) is 16.6 Å². The maximum Gasteiger partial charge on any atom is 0.0836 e. The van der Waals surface area contributed by atoms with E-state index in [1.165, 1.54) is 0 Å². The maximum absolute atomic E-state index is 4.03. The van der Waals surface area contributed by atoms with Crippen LogP contribution in [0.2, 0.25) is 0 Å². The Hall–Kier alpha value is -1.38. The summed E-state index contributed by atoms with van der Waals surface area (Å²) in [5.41, 5.74) is 2.03. The Labute approximate surface area is 58.1 Å². The van der Waals surface area contributed by atoms with E-state index >= 15 is 0 Å². The van der Waals surface area contributed by atoms with Gasteiger partial charge in [0.15, 0.2) is 0 Å². The van der Waals surface area contributed by atoms with Crippen LogP contribution in [0.3, 0.4) is 0 Å². The molecule has 0 radical (unpaired) electrons. The van der Waals surface area contributed by atoms with E-state index in [1.807, 2.05) is 13.0 Å². The van der Waals surface area contributed by atoms with E-state index < -0.39 is 0 Å². The summed E-state index contributed by atoms with van der Waals surface area (Å²) < 4.78 is 0. The van der Waals surface area contributed by atoms with Crippen molar-refractivity contribution in [1.82, 2.24) is 15.2 Å². The minimum Gasteiger partial charge on any atom is -0.276 e. The highest BCUT2D eigenvalue weighted by Gasteiger charge is 1.97. The molecule has 2 heterocycles. The lowest BCUT2D eigenvalue weighted by atomic mass is 10.3. The summed E-state index contributed by atoms with van der Waals surface area (Å²) >= 11 is 0. The van der Waals surface area contributed by atoms with Gasteiger partial charge in [-0.1, -0.05) is 0 Å². The van der Waals surface area contributed by atoms with Crippen molar-refractivity contribution in [3.63, 3.8) is 0 Å². The van der Waals surface area contributed by atoms with Crippen LogP contribution >= 0.6 is 0 Å².